The number of alkyl halides is 3. The third-order valence-electron chi connectivity index (χ3n) is 11.5. The fourth-order valence-electron chi connectivity index (χ4n) is 8.09. The summed E-state index contributed by atoms with van der Waals surface area (Å²) in [5.74, 6) is -2.96. The van der Waals surface area contributed by atoms with E-state index in [1.54, 1.807) is 71.4 Å². The van der Waals surface area contributed by atoms with Crippen LogP contribution in [0.25, 0.3) is 10.6 Å². The molecule has 68 heavy (non-hydrogen) atoms. The summed E-state index contributed by atoms with van der Waals surface area (Å²) in [5, 5.41) is 10.1. The van der Waals surface area contributed by atoms with E-state index in [1.165, 1.54) is 47.9 Å². The normalized spacial score (nSPS) is 15.6. The van der Waals surface area contributed by atoms with Crippen LogP contribution in [-0.2, 0) is 21.4 Å². The first kappa shape index (κ1) is 48.5. The molecule has 2 aliphatic heterocycles. The number of pyridine rings is 1. The zero-order valence-electron chi connectivity index (χ0n) is 37.6. The topological polar surface area (TPSA) is 193 Å². The molecule has 1 fully saturated rings. The van der Waals surface area contributed by atoms with Crippen molar-refractivity contribution < 1.29 is 51.4 Å². The van der Waals surface area contributed by atoms with Gasteiger partial charge in [0, 0.05) is 43.7 Å². The van der Waals surface area contributed by atoms with Gasteiger partial charge in [0.1, 0.15) is 18.1 Å². The summed E-state index contributed by atoms with van der Waals surface area (Å²) in [4.78, 5) is 86.8. The molecule has 2 atom stereocenters. The number of thiophene rings is 1. The number of rotatable bonds is 14. The van der Waals surface area contributed by atoms with Crippen LogP contribution in [0.5, 0.6) is 5.75 Å². The van der Waals surface area contributed by atoms with Gasteiger partial charge in [0.05, 0.1) is 63.0 Å². The highest BCUT2D eigenvalue weighted by Gasteiger charge is 2.43. The van der Waals surface area contributed by atoms with Crippen LogP contribution in [-0.4, -0.2) is 88.1 Å². The summed E-state index contributed by atoms with van der Waals surface area (Å²) in [7, 11) is 1.67. The smallest absolute Gasteiger partial charge is 0.471 e. The summed E-state index contributed by atoms with van der Waals surface area (Å²) in [6.45, 7) is 9.94. The molecule has 3 aromatic heterocycles. The van der Waals surface area contributed by atoms with Crippen molar-refractivity contribution in [2.75, 3.05) is 45.9 Å². The summed E-state index contributed by atoms with van der Waals surface area (Å²) in [5.41, 5.74) is 4.02. The van der Waals surface area contributed by atoms with Crippen molar-refractivity contribution in [3.63, 3.8) is 0 Å². The van der Waals surface area contributed by atoms with Gasteiger partial charge in [-0.1, -0.05) is 12.7 Å². The van der Waals surface area contributed by atoms with E-state index in [2.05, 4.69) is 27.5 Å². The molecule has 1 saturated heterocycles. The second-order valence-electron chi connectivity index (χ2n) is 16.4. The highest BCUT2D eigenvalue weighted by molar-refractivity contribution is 7.17. The van der Waals surface area contributed by atoms with Gasteiger partial charge in [-0.2, -0.15) is 13.2 Å². The van der Waals surface area contributed by atoms with Gasteiger partial charge in [-0.15, -0.1) is 11.3 Å². The van der Waals surface area contributed by atoms with E-state index in [0.717, 1.165) is 19.3 Å². The van der Waals surface area contributed by atoms with E-state index in [-0.39, 0.29) is 54.9 Å². The Balaban J connectivity index is 0.907. The minimum absolute atomic E-state index is 0.0197. The Hall–Kier alpha value is -7.48. The summed E-state index contributed by atoms with van der Waals surface area (Å²) < 4.78 is 50.9. The number of aromatic nitrogens is 2. The highest BCUT2D eigenvalue weighted by Crippen LogP contribution is 2.39. The zero-order chi connectivity index (χ0) is 48.9. The molecule has 16 nitrogen and oxygen atoms in total. The van der Waals surface area contributed by atoms with Crippen LogP contribution in [0.4, 0.5) is 46.4 Å². The van der Waals surface area contributed by atoms with Crippen LogP contribution >= 0.6 is 11.3 Å². The van der Waals surface area contributed by atoms with E-state index in [4.69, 9.17) is 9.47 Å². The third-order valence-corrected chi connectivity index (χ3v) is 12.7. The van der Waals surface area contributed by atoms with Gasteiger partial charge in [-0.3, -0.25) is 33.9 Å². The molecule has 4 N–H and O–H groups in total. The summed E-state index contributed by atoms with van der Waals surface area (Å²) in [6, 6.07) is 14.8. The molecule has 1 unspecified atom stereocenters. The largest absolute Gasteiger partial charge is 0.493 e. The molecule has 0 saturated carbocycles. The lowest BCUT2D eigenvalue weighted by molar-refractivity contribution is -0.167. The number of fused-ring (bicyclic) bond motifs is 2. The zero-order valence-corrected chi connectivity index (χ0v) is 38.4. The quantitative estimate of drug-likeness (QED) is 0.0621. The second-order valence-corrected chi connectivity index (χ2v) is 17.4. The Labute approximate surface area is 393 Å². The van der Waals surface area contributed by atoms with Crippen LogP contribution in [0.15, 0.2) is 85.7 Å². The van der Waals surface area contributed by atoms with E-state index in [9.17, 15) is 41.9 Å². The monoisotopic (exact) mass is 954 g/mol. The van der Waals surface area contributed by atoms with Crippen molar-refractivity contribution in [1.82, 2.24) is 14.5 Å². The number of nitrogens with one attached hydrogen (secondary N) is 4. The summed E-state index contributed by atoms with van der Waals surface area (Å²) >= 11 is 1.18. The Kier molecular flexibility index (Phi) is 14.7. The molecular formula is C48H49F3N8O8S. The van der Waals surface area contributed by atoms with Gasteiger partial charge in [-0.05, 0) is 112 Å². The Bertz CT molecular complexity index is 2750. The fraction of sp³-hybridized carbons (Fsp3) is 0.312. The van der Waals surface area contributed by atoms with Gasteiger partial charge in [0.15, 0.2) is 0 Å². The average Bonchev–Trinajstić information content (AvgIpc) is 3.87. The molecule has 0 aliphatic carbocycles. The molecular weight excluding hydrogens is 906 g/mol. The summed E-state index contributed by atoms with van der Waals surface area (Å²) in [6.07, 6.45) is 2.02. The molecule has 5 aromatic rings. The van der Waals surface area contributed by atoms with Gasteiger partial charge in [0.2, 0.25) is 5.91 Å². The first-order chi connectivity index (χ1) is 32.4. The maximum absolute atomic E-state index is 13.8. The van der Waals surface area contributed by atoms with Crippen molar-refractivity contribution in [2.24, 2.45) is 7.05 Å². The van der Waals surface area contributed by atoms with Gasteiger partial charge < -0.3 is 40.2 Å². The molecule has 0 bridgehead atoms. The van der Waals surface area contributed by atoms with Crippen molar-refractivity contribution in [3.05, 3.63) is 113 Å². The number of piperidine rings is 1. The van der Waals surface area contributed by atoms with Gasteiger partial charge in [0.25, 0.3) is 17.7 Å². The van der Waals surface area contributed by atoms with Crippen LogP contribution < -0.4 is 30.9 Å². The number of benzene rings is 2. The van der Waals surface area contributed by atoms with E-state index < -0.39 is 30.0 Å². The number of hydrogen-bond acceptors (Lipinski definition) is 10. The van der Waals surface area contributed by atoms with Crippen molar-refractivity contribution in [1.29, 1.82) is 0 Å². The molecule has 7 rings (SSSR count). The minimum Gasteiger partial charge on any atom is -0.493 e. The number of carbonyl (C=O) groups excluding carboxylic acids is 6. The number of halogens is 3. The van der Waals surface area contributed by atoms with E-state index in [1.807, 2.05) is 18.7 Å². The Morgan fingerprint density at radius 3 is 2.29 bits per heavy atom. The number of anilines is 5. The number of hydrogen-bond donors (Lipinski definition) is 4. The third kappa shape index (κ3) is 11.0. The number of amides is 6. The minimum atomic E-state index is -5.03. The molecule has 2 aliphatic rings. The highest BCUT2D eigenvalue weighted by atomic mass is 32.1. The predicted molar refractivity (Wildman–Crippen MR) is 251 cm³/mol. The van der Waals surface area contributed by atoms with Crippen LogP contribution in [0, 0.1) is 13.8 Å². The standard InChI is InChI=1S/C48H49F3N8O8S/c1-6-19-67-47(65)59-29(4)36-10-7-8-18-58(36)45(63)34-21-27(2)39(24-37(34)59)66-20-9-11-41(60)53-33-23-38(57(5)26-33)43(61)55-32-16-17-35(52-25-32)40-22-28(3)42(68-40)44(62)54-30-12-14-31(15-13-30)56-46(64)48(49,50)51/h6,12-17,21-26,29,36H,1,7-11,18-20H2,2-5H3,(H,53,60)(H,54,62)(H,55,61)(H,56,64)/t29?,36-/m0/s1. The van der Waals surface area contributed by atoms with Crippen molar-refractivity contribution in [2.45, 2.75) is 71.1 Å². The lowest BCUT2D eigenvalue weighted by Crippen LogP contribution is -2.53. The van der Waals surface area contributed by atoms with E-state index in [0.29, 0.717) is 73.6 Å². The average molecular weight is 955 g/mol. The predicted octanol–water partition coefficient (Wildman–Crippen LogP) is 9.09. The Morgan fingerprint density at radius 2 is 1.60 bits per heavy atom. The Morgan fingerprint density at radius 1 is 0.897 bits per heavy atom. The molecule has 6 amide bonds. The van der Waals surface area contributed by atoms with Crippen LogP contribution in [0.3, 0.4) is 0 Å². The SMILES string of the molecule is C=CCOC(=O)N1c2cc(OCCCC(=O)Nc3cc(C(=O)Nc4ccc(-c5cc(C)c(C(=O)Nc6ccc(NC(=O)C(F)(F)F)cc6)s5)nc4)n(C)c3)c(C)cc2C(=O)N2CCCC[C@H]2C1C. The van der Waals surface area contributed by atoms with Crippen molar-refractivity contribution in [3.8, 4) is 16.3 Å². The molecule has 5 heterocycles. The number of ether oxygens (including phenoxy) is 2. The molecule has 20 heteroatoms. The number of nitrogens with zero attached hydrogens (tertiary/aromatic N) is 4. The number of aryl methyl sites for hydroxylation is 3. The fourth-order valence-corrected chi connectivity index (χ4v) is 9.14. The molecule has 356 valence electrons. The molecule has 2 aromatic carbocycles. The van der Waals surface area contributed by atoms with Crippen LogP contribution in [0.1, 0.15) is 80.7 Å². The van der Waals surface area contributed by atoms with Crippen LogP contribution in [0.2, 0.25) is 0 Å². The van der Waals surface area contributed by atoms with E-state index >= 15 is 0 Å². The lowest BCUT2D eigenvalue weighted by atomic mass is 9.96. The number of carbonyl (C=O) groups is 6. The maximum Gasteiger partial charge on any atom is 0.471 e. The van der Waals surface area contributed by atoms with Gasteiger partial charge in [-0.25, -0.2) is 4.79 Å². The molecule has 0 radical (unpaired) electrons. The maximum atomic E-state index is 13.8. The molecule has 0 spiro atoms. The lowest BCUT2D eigenvalue weighted by Gasteiger charge is -2.39. The van der Waals surface area contributed by atoms with Crippen molar-refractivity contribution >= 4 is 75.4 Å². The first-order valence-electron chi connectivity index (χ1n) is 21.7. The second kappa shape index (κ2) is 20.6. The van der Waals surface area contributed by atoms with Gasteiger partial charge >= 0.3 is 18.2 Å². The first-order valence-corrected chi connectivity index (χ1v) is 22.5.